The summed E-state index contributed by atoms with van der Waals surface area (Å²) in [6.07, 6.45) is 6.78. The number of ether oxygens (including phenoxy) is 2. The minimum atomic E-state index is 0.239. The van der Waals surface area contributed by atoms with Gasteiger partial charge in [-0.2, -0.15) is 0 Å². The van der Waals surface area contributed by atoms with E-state index in [0.29, 0.717) is 6.10 Å². The van der Waals surface area contributed by atoms with Gasteiger partial charge < -0.3 is 9.47 Å². The van der Waals surface area contributed by atoms with E-state index in [-0.39, 0.29) is 5.41 Å². The van der Waals surface area contributed by atoms with E-state index in [9.17, 15) is 0 Å². The highest BCUT2D eigenvalue weighted by Gasteiger charge is 2.46. The number of piperidine rings is 1. The molecule has 122 valence electrons. The molecule has 0 spiro atoms. The van der Waals surface area contributed by atoms with Crippen molar-refractivity contribution in [1.82, 2.24) is 4.90 Å². The number of thiophene rings is 1. The lowest BCUT2D eigenvalue weighted by atomic mass is 9.73. The van der Waals surface area contributed by atoms with Crippen molar-refractivity contribution in [2.45, 2.75) is 44.8 Å². The Labute approximate surface area is 137 Å². The molecule has 1 aromatic rings. The third-order valence-electron chi connectivity index (χ3n) is 5.47. The predicted octanol–water partition coefficient (Wildman–Crippen LogP) is 3.55. The predicted molar refractivity (Wildman–Crippen MR) is 89.2 cm³/mol. The van der Waals surface area contributed by atoms with E-state index in [0.717, 1.165) is 51.8 Å². The molecule has 4 heteroatoms. The molecule has 1 aromatic heterocycles. The molecule has 2 aliphatic heterocycles. The molecule has 0 radical (unpaired) electrons. The van der Waals surface area contributed by atoms with Crippen LogP contribution in [0.2, 0.25) is 0 Å². The Bertz CT molecular complexity index is 473. The van der Waals surface area contributed by atoms with Crippen LogP contribution in [0.3, 0.4) is 0 Å². The summed E-state index contributed by atoms with van der Waals surface area (Å²) in [4.78, 5) is 4.10. The number of hydrogen-bond acceptors (Lipinski definition) is 4. The van der Waals surface area contributed by atoms with Gasteiger partial charge in [0.1, 0.15) is 0 Å². The van der Waals surface area contributed by atoms with Crippen LogP contribution in [0.4, 0.5) is 0 Å². The third-order valence-corrected chi connectivity index (χ3v) is 6.33. The number of likely N-dealkylation sites (tertiary alicyclic amines) is 1. The van der Waals surface area contributed by atoms with Crippen LogP contribution in [0.5, 0.6) is 0 Å². The number of fused-ring (bicyclic) bond motifs is 1. The Morgan fingerprint density at radius 3 is 3.14 bits per heavy atom. The van der Waals surface area contributed by atoms with Crippen LogP contribution < -0.4 is 0 Å². The van der Waals surface area contributed by atoms with Crippen molar-refractivity contribution in [3.63, 3.8) is 0 Å². The minimum absolute atomic E-state index is 0.239. The lowest BCUT2D eigenvalue weighted by molar-refractivity contribution is -0.154. The number of hydrogen-bond donors (Lipinski definition) is 0. The van der Waals surface area contributed by atoms with Crippen molar-refractivity contribution in [3.8, 4) is 0 Å². The van der Waals surface area contributed by atoms with Crippen LogP contribution in [-0.2, 0) is 16.0 Å². The average molecular weight is 321 g/mol. The zero-order valence-electron chi connectivity index (χ0n) is 13.3. The molecule has 0 N–H and O–H groups in total. The fourth-order valence-electron chi connectivity index (χ4n) is 4.06. The van der Waals surface area contributed by atoms with E-state index in [2.05, 4.69) is 22.4 Å². The molecule has 3 fully saturated rings. The zero-order chi connectivity index (χ0) is 14.8. The third kappa shape index (κ3) is 3.40. The van der Waals surface area contributed by atoms with Crippen molar-refractivity contribution in [2.24, 2.45) is 11.3 Å². The first-order chi connectivity index (χ1) is 10.8. The van der Waals surface area contributed by atoms with Gasteiger partial charge in [0.05, 0.1) is 12.7 Å². The smallest absolute Gasteiger partial charge is 0.0677 e. The van der Waals surface area contributed by atoms with E-state index in [4.69, 9.17) is 9.47 Å². The lowest BCUT2D eigenvalue weighted by Gasteiger charge is -2.50. The molecule has 0 aromatic carbocycles. The number of nitrogens with zero attached hydrogens (tertiary/aromatic N) is 1. The molecule has 0 amide bonds. The highest BCUT2D eigenvalue weighted by Crippen LogP contribution is 2.41. The maximum absolute atomic E-state index is 6.14. The Morgan fingerprint density at radius 2 is 2.32 bits per heavy atom. The fraction of sp³-hybridized carbons (Fsp3) is 0.778. The molecule has 3 aliphatic rings. The molecule has 4 rings (SSSR count). The first-order valence-corrected chi connectivity index (χ1v) is 9.66. The Kier molecular flexibility index (Phi) is 4.54. The summed E-state index contributed by atoms with van der Waals surface area (Å²) in [5.41, 5.74) is 0.239. The van der Waals surface area contributed by atoms with E-state index >= 15 is 0 Å². The first kappa shape index (κ1) is 15.1. The Hall–Kier alpha value is -0.420. The summed E-state index contributed by atoms with van der Waals surface area (Å²) in [7, 11) is 0. The van der Waals surface area contributed by atoms with Crippen LogP contribution in [-0.4, -0.2) is 43.9 Å². The molecular weight excluding hydrogens is 294 g/mol. The molecular formula is C18H27NO2S. The van der Waals surface area contributed by atoms with Crippen LogP contribution in [0.1, 0.15) is 37.0 Å². The van der Waals surface area contributed by atoms with Crippen LogP contribution in [0.15, 0.2) is 17.5 Å². The molecule has 22 heavy (non-hydrogen) atoms. The number of rotatable bonds is 6. The van der Waals surface area contributed by atoms with Gasteiger partial charge >= 0.3 is 0 Å². The average Bonchev–Trinajstić information content (AvgIpc) is 3.22. The standard InChI is InChI=1S/C18H27NO2S/c1-3-16(22-10-1)11-19-8-6-17-18(13-19,7-2-9-21-17)14-20-12-15-4-5-15/h1,3,10,15,17H,2,4-9,11-14H2/t17-,18+/m0/s1. The molecule has 0 bridgehead atoms. The highest BCUT2D eigenvalue weighted by molar-refractivity contribution is 7.09. The molecule has 0 unspecified atom stereocenters. The highest BCUT2D eigenvalue weighted by atomic mass is 32.1. The summed E-state index contributed by atoms with van der Waals surface area (Å²) >= 11 is 1.87. The van der Waals surface area contributed by atoms with Crippen LogP contribution >= 0.6 is 11.3 Å². The van der Waals surface area contributed by atoms with Gasteiger partial charge in [0.2, 0.25) is 0 Å². The van der Waals surface area contributed by atoms with Gasteiger partial charge in [-0.3, -0.25) is 4.90 Å². The van der Waals surface area contributed by atoms with Gasteiger partial charge in [0.25, 0.3) is 0 Å². The van der Waals surface area contributed by atoms with E-state index < -0.39 is 0 Å². The monoisotopic (exact) mass is 321 g/mol. The quantitative estimate of drug-likeness (QED) is 0.800. The van der Waals surface area contributed by atoms with Crippen molar-refractivity contribution in [1.29, 1.82) is 0 Å². The maximum Gasteiger partial charge on any atom is 0.0677 e. The van der Waals surface area contributed by atoms with E-state index in [1.807, 2.05) is 11.3 Å². The topological polar surface area (TPSA) is 21.7 Å². The second-order valence-corrected chi connectivity index (χ2v) is 8.39. The summed E-state index contributed by atoms with van der Waals surface area (Å²) in [5, 5.41) is 2.18. The largest absolute Gasteiger partial charge is 0.380 e. The van der Waals surface area contributed by atoms with Gasteiger partial charge in [0, 0.05) is 43.1 Å². The van der Waals surface area contributed by atoms with Crippen molar-refractivity contribution in [2.75, 3.05) is 32.9 Å². The van der Waals surface area contributed by atoms with Crippen molar-refractivity contribution < 1.29 is 9.47 Å². The summed E-state index contributed by atoms with van der Waals surface area (Å²) in [6.45, 7) is 6.20. The Balaban J connectivity index is 1.40. The summed E-state index contributed by atoms with van der Waals surface area (Å²) < 4.78 is 12.3. The summed E-state index contributed by atoms with van der Waals surface area (Å²) in [6, 6.07) is 4.41. The lowest BCUT2D eigenvalue weighted by Crippen LogP contribution is -2.56. The van der Waals surface area contributed by atoms with Gasteiger partial charge in [-0.25, -0.2) is 0 Å². The van der Waals surface area contributed by atoms with E-state index in [1.54, 1.807) is 0 Å². The fourth-order valence-corrected chi connectivity index (χ4v) is 4.81. The molecule has 1 aliphatic carbocycles. The Morgan fingerprint density at radius 1 is 1.36 bits per heavy atom. The van der Waals surface area contributed by atoms with E-state index in [1.165, 1.54) is 30.6 Å². The first-order valence-electron chi connectivity index (χ1n) is 8.78. The van der Waals surface area contributed by atoms with Crippen LogP contribution in [0, 0.1) is 11.3 Å². The normalized spacial score (nSPS) is 32.8. The van der Waals surface area contributed by atoms with Crippen LogP contribution in [0.25, 0.3) is 0 Å². The SMILES string of the molecule is c1csc(CN2CC[C@@H]3OCCC[C@]3(COCC3CC3)C2)c1. The zero-order valence-corrected chi connectivity index (χ0v) is 14.2. The minimum Gasteiger partial charge on any atom is -0.380 e. The molecule has 3 nitrogen and oxygen atoms in total. The van der Waals surface area contributed by atoms with Gasteiger partial charge in [-0.15, -0.1) is 11.3 Å². The van der Waals surface area contributed by atoms with Crippen molar-refractivity contribution >= 4 is 11.3 Å². The second kappa shape index (κ2) is 6.60. The van der Waals surface area contributed by atoms with Gasteiger partial charge in [-0.05, 0) is 49.5 Å². The second-order valence-electron chi connectivity index (χ2n) is 7.36. The molecule has 3 heterocycles. The van der Waals surface area contributed by atoms with Crippen molar-refractivity contribution in [3.05, 3.63) is 22.4 Å². The van der Waals surface area contributed by atoms with Gasteiger partial charge in [-0.1, -0.05) is 6.07 Å². The van der Waals surface area contributed by atoms with Gasteiger partial charge in [0.15, 0.2) is 0 Å². The molecule has 1 saturated carbocycles. The molecule has 2 saturated heterocycles. The molecule has 2 atom stereocenters. The summed E-state index contributed by atoms with van der Waals surface area (Å²) in [5.74, 6) is 0.852. The maximum atomic E-state index is 6.14.